The molecule has 36 heavy (non-hydrogen) atoms. The number of rotatable bonds is 2. The molecule has 1 saturated heterocycles. The normalized spacial score (nSPS) is 26.9. The standard InChI is InChI=1S/C28H26N4O4/c1-28-26(35-3)16(29-2)11-19(36-28)31-17-9-5-4-7-13(17)21-22-15(12-30-27(22)34)20-14-8-6-10-18(33)23(14)32(28)25(20)24(21)31/h4-10,16,19,26,29,33H,11-12H2,1-3H3,(H,30,34)/t16-,19+,26?,28?/m0/s1. The fourth-order valence-corrected chi connectivity index (χ4v) is 7.40. The molecule has 1 amide bonds. The third kappa shape index (κ3) is 2.12. The minimum atomic E-state index is -0.929. The van der Waals surface area contributed by atoms with Crippen molar-refractivity contribution in [1.29, 1.82) is 0 Å². The zero-order valence-electron chi connectivity index (χ0n) is 20.3. The number of aromatic hydroxyl groups is 1. The number of carbonyl (C=O) groups excluding carboxylic acids is 1. The van der Waals surface area contributed by atoms with Crippen molar-refractivity contribution < 1.29 is 19.4 Å². The summed E-state index contributed by atoms with van der Waals surface area (Å²) in [4.78, 5) is 13.3. The van der Waals surface area contributed by atoms with E-state index in [9.17, 15) is 9.90 Å². The molecule has 0 spiro atoms. The van der Waals surface area contributed by atoms with Gasteiger partial charge in [-0.1, -0.05) is 30.3 Å². The second-order valence-electron chi connectivity index (χ2n) is 10.3. The highest BCUT2D eigenvalue weighted by Gasteiger charge is 2.53. The Hall–Kier alpha value is -3.59. The molecular weight excluding hydrogens is 456 g/mol. The van der Waals surface area contributed by atoms with E-state index in [2.05, 4.69) is 38.8 Å². The van der Waals surface area contributed by atoms with E-state index in [1.54, 1.807) is 13.2 Å². The summed E-state index contributed by atoms with van der Waals surface area (Å²) in [6, 6.07) is 13.8. The third-order valence-corrected chi connectivity index (χ3v) is 8.69. The van der Waals surface area contributed by atoms with Crippen molar-refractivity contribution >= 4 is 49.5 Å². The molecule has 0 radical (unpaired) electrons. The van der Waals surface area contributed by atoms with E-state index in [0.717, 1.165) is 49.2 Å². The molecule has 3 aliphatic heterocycles. The number of para-hydroxylation sites is 2. The monoisotopic (exact) mass is 482 g/mol. The van der Waals surface area contributed by atoms with Crippen LogP contribution >= 0.6 is 0 Å². The van der Waals surface area contributed by atoms with Crippen molar-refractivity contribution in [2.24, 2.45) is 0 Å². The fourth-order valence-electron chi connectivity index (χ4n) is 7.40. The Labute approximate surface area is 206 Å². The van der Waals surface area contributed by atoms with Gasteiger partial charge in [0.1, 0.15) is 18.1 Å². The van der Waals surface area contributed by atoms with Crippen molar-refractivity contribution in [3.8, 4) is 5.75 Å². The van der Waals surface area contributed by atoms with Gasteiger partial charge in [-0.05, 0) is 31.7 Å². The average molecular weight is 483 g/mol. The van der Waals surface area contributed by atoms with Gasteiger partial charge in [0.05, 0.1) is 27.6 Å². The Morgan fingerprint density at radius 1 is 1.11 bits per heavy atom. The smallest absolute Gasteiger partial charge is 0.252 e. The number of phenolic OH excluding ortho intramolecular Hbond substituents is 1. The number of methoxy groups -OCH3 is 1. The molecule has 3 aromatic carbocycles. The van der Waals surface area contributed by atoms with E-state index < -0.39 is 5.72 Å². The summed E-state index contributed by atoms with van der Waals surface area (Å²) in [6.07, 6.45) is 0.0709. The van der Waals surface area contributed by atoms with Crippen LogP contribution in [0.3, 0.4) is 0 Å². The Morgan fingerprint density at radius 2 is 1.92 bits per heavy atom. The summed E-state index contributed by atoms with van der Waals surface area (Å²) < 4.78 is 17.6. The van der Waals surface area contributed by atoms with Gasteiger partial charge in [-0.3, -0.25) is 4.79 Å². The molecule has 8 rings (SSSR count). The molecule has 5 heterocycles. The van der Waals surface area contributed by atoms with Crippen molar-refractivity contribution in [2.45, 2.75) is 44.0 Å². The van der Waals surface area contributed by atoms with Crippen LogP contribution in [0.1, 0.15) is 35.5 Å². The van der Waals surface area contributed by atoms with Gasteiger partial charge in [-0.15, -0.1) is 0 Å². The lowest BCUT2D eigenvalue weighted by Gasteiger charge is -2.48. The average Bonchev–Trinajstić information content (AvgIpc) is 3.52. The number of likely N-dealkylation sites (N-methyl/N-ethyl adjacent to an activating group) is 1. The predicted octanol–water partition coefficient (Wildman–Crippen LogP) is 4.06. The number of nitrogens with one attached hydrogen (secondary N) is 2. The largest absolute Gasteiger partial charge is 0.506 e. The molecule has 5 aromatic rings. The number of ether oxygens (including phenoxy) is 2. The van der Waals surface area contributed by atoms with Crippen LogP contribution in [-0.4, -0.2) is 46.5 Å². The fraction of sp³-hybridized carbons (Fsp3) is 0.321. The summed E-state index contributed by atoms with van der Waals surface area (Å²) >= 11 is 0. The van der Waals surface area contributed by atoms with Crippen LogP contribution in [0.5, 0.6) is 5.75 Å². The Kier molecular flexibility index (Phi) is 3.77. The molecule has 8 nitrogen and oxygen atoms in total. The van der Waals surface area contributed by atoms with E-state index in [1.807, 2.05) is 31.3 Å². The van der Waals surface area contributed by atoms with Gasteiger partial charge in [0.2, 0.25) is 0 Å². The minimum absolute atomic E-state index is 0.00206. The van der Waals surface area contributed by atoms with E-state index in [1.165, 1.54) is 0 Å². The van der Waals surface area contributed by atoms with E-state index in [-0.39, 0.29) is 30.0 Å². The van der Waals surface area contributed by atoms with Crippen molar-refractivity contribution in [2.75, 3.05) is 14.2 Å². The van der Waals surface area contributed by atoms with Gasteiger partial charge in [0, 0.05) is 47.7 Å². The summed E-state index contributed by atoms with van der Waals surface area (Å²) in [5.41, 5.74) is 4.43. The van der Waals surface area contributed by atoms with Gasteiger partial charge >= 0.3 is 0 Å². The Balaban J connectivity index is 1.74. The van der Waals surface area contributed by atoms with Crippen molar-refractivity contribution in [3.63, 3.8) is 0 Å². The van der Waals surface area contributed by atoms with E-state index >= 15 is 0 Å². The van der Waals surface area contributed by atoms with Crippen LogP contribution in [0.15, 0.2) is 42.5 Å². The van der Waals surface area contributed by atoms with Crippen LogP contribution < -0.4 is 10.6 Å². The topological polar surface area (TPSA) is 89.7 Å². The Bertz CT molecular complexity index is 1800. The van der Waals surface area contributed by atoms with E-state index in [0.29, 0.717) is 18.5 Å². The molecule has 4 atom stereocenters. The molecule has 2 aromatic heterocycles. The second-order valence-corrected chi connectivity index (χ2v) is 10.3. The number of amides is 1. The zero-order chi connectivity index (χ0) is 24.5. The number of hydrogen-bond acceptors (Lipinski definition) is 5. The lowest BCUT2D eigenvalue weighted by Crippen LogP contribution is -2.59. The first-order valence-electron chi connectivity index (χ1n) is 12.4. The van der Waals surface area contributed by atoms with Gasteiger partial charge in [0.15, 0.2) is 5.72 Å². The summed E-state index contributed by atoms with van der Waals surface area (Å²) in [6.45, 7) is 2.50. The molecule has 8 heteroatoms. The first-order valence-corrected chi connectivity index (χ1v) is 12.4. The number of benzene rings is 3. The summed E-state index contributed by atoms with van der Waals surface area (Å²) in [5.74, 6) is 0.119. The van der Waals surface area contributed by atoms with Gasteiger partial charge in [-0.2, -0.15) is 0 Å². The highest BCUT2D eigenvalue weighted by molar-refractivity contribution is 6.31. The summed E-state index contributed by atoms with van der Waals surface area (Å²) in [5, 5.41) is 21.7. The maximum atomic E-state index is 13.3. The molecule has 182 valence electrons. The number of aromatic nitrogens is 2. The lowest BCUT2D eigenvalue weighted by molar-refractivity contribution is -0.256. The quantitative estimate of drug-likeness (QED) is 0.353. The first kappa shape index (κ1) is 20.6. The van der Waals surface area contributed by atoms with Crippen LogP contribution in [0.2, 0.25) is 0 Å². The number of hydrogen-bond donors (Lipinski definition) is 3. The maximum Gasteiger partial charge on any atom is 0.252 e. The zero-order valence-corrected chi connectivity index (χ0v) is 20.3. The molecule has 2 unspecified atom stereocenters. The van der Waals surface area contributed by atoms with Crippen molar-refractivity contribution in [3.05, 3.63) is 53.6 Å². The number of nitrogens with zero attached hydrogens (tertiary/aromatic N) is 2. The molecule has 3 N–H and O–H groups in total. The van der Waals surface area contributed by atoms with Gasteiger partial charge in [0.25, 0.3) is 5.91 Å². The van der Waals surface area contributed by atoms with Crippen molar-refractivity contribution in [1.82, 2.24) is 19.8 Å². The summed E-state index contributed by atoms with van der Waals surface area (Å²) in [7, 11) is 3.67. The van der Waals surface area contributed by atoms with Crippen LogP contribution in [0.25, 0.3) is 43.6 Å². The maximum absolute atomic E-state index is 13.3. The molecular formula is C28H26N4O4. The van der Waals surface area contributed by atoms with Crippen LogP contribution in [0.4, 0.5) is 0 Å². The predicted molar refractivity (Wildman–Crippen MR) is 137 cm³/mol. The molecule has 0 saturated carbocycles. The van der Waals surface area contributed by atoms with E-state index in [4.69, 9.17) is 9.47 Å². The number of fused-ring (bicyclic) bond motifs is 13. The van der Waals surface area contributed by atoms with Gasteiger partial charge in [-0.25, -0.2) is 0 Å². The highest BCUT2D eigenvalue weighted by atomic mass is 16.6. The molecule has 3 aliphatic rings. The second kappa shape index (κ2) is 6.59. The highest BCUT2D eigenvalue weighted by Crippen LogP contribution is 2.54. The first-order chi connectivity index (χ1) is 17.5. The SMILES string of the molecule is CN[C@H]1C[C@H]2OC(C)(C1OC)n1c3c(O)cccc3c3c4c(c5c6ccccc6n2c5c31)C(=O)NC4. The molecule has 2 bridgehead atoms. The third-order valence-electron chi connectivity index (χ3n) is 8.69. The van der Waals surface area contributed by atoms with Crippen LogP contribution in [-0.2, 0) is 21.7 Å². The van der Waals surface area contributed by atoms with Crippen LogP contribution in [0, 0.1) is 0 Å². The number of phenols is 1. The number of carbonyl (C=O) groups is 1. The Morgan fingerprint density at radius 3 is 2.72 bits per heavy atom. The lowest BCUT2D eigenvalue weighted by atomic mass is 9.93. The molecule has 1 fully saturated rings. The molecule has 0 aliphatic carbocycles. The van der Waals surface area contributed by atoms with Gasteiger partial charge < -0.3 is 34.3 Å². The minimum Gasteiger partial charge on any atom is -0.506 e.